The van der Waals surface area contributed by atoms with Crippen LogP contribution in [0.2, 0.25) is 0 Å². The fourth-order valence-electron chi connectivity index (χ4n) is 2.80. The minimum atomic E-state index is -1.01. The van der Waals surface area contributed by atoms with Crippen molar-refractivity contribution in [3.8, 4) is 0 Å². The van der Waals surface area contributed by atoms with Crippen molar-refractivity contribution in [2.75, 3.05) is 25.6 Å². The van der Waals surface area contributed by atoms with E-state index in [2.05, 4.69) is 5.32 Å². The Balaban J connectivity index is 1.89. The molecule has 21 heavy (non-hydrogen) atoms. The molecule has 7 heteroatoms. The third-order valence-corrected chi connectivity index (χ3v) is 5.25. The van der Waals surface area contributed by atoms with Crippen molar-refractivity contribution in [1.29, 1.82) is 0 Å². The number of nitrogens with one attached hydrogen (secondary N) is 1. The number of hydrogen-bond acceptors (Lipinski definition) is 6. The van der Waals surface area contributed by atoms with Gasteiger partial charge in [0, 0.05) is 11.5 Å². The van der Waals surface area contributed by atoms with Gasteiger partial charge < -0.3 is 20.5 Å². The maximum absolute atomic E-state index is 12.4. The zero-order valence-corrected chi connectivity index (χ0v) is 12.7. The summed E-state index contributed by atoms with van der Waals surface area (Å²) in [7, 11) is 1.35. The van der Waals surface area contributed by atoms with Crippen LogP contribution in [0.25, 0.3) is 0 Å². The van der Waals surface area contributed by atoms with E-state index >= 15 is 0 Å². The van der Waals surface area contributed by atoms with Crippen molar-refractivity contribution in [3.05, 3.63) is 16.0 Å². The summed E-state index contributed by atoms with van der Waals surface area (Å²) in [6, 6.07) is 0. The second-order valence-electron chi connectivity index (χ2n) is 5.47. The van der Waals surface area contributed by atoms with Crippen molar-refractivity contribution in [1.82, 2.24) is 0 Å². The summed E-state index contributed by atoms with van der Waals surface area (Å²) in [6.07, 6.45) is 3.31. The summed E-state index contributed by atoms with van der Waals surface area (Å²) in [5.41, 5.74) is 6.54. The molecule has 1 aliphatic carbocycles. The number of thiophene rings is 1. The van der Waals surface area contributed by atoms with Gasteiger partial charge in [0.1, 0.15) is 10.5 Å². The Morgan fingerprint density at radius 3 is 2.90 bits per heavy atom. The fraction of sp³-hybridized carbons (Fsp3) is 0.571. The molecular weight excluding hydrogens is 292 g/mol. The lowest BCUT2D eigenvalue weighted by Gasteiger charge is -2.20. The van der Waals surface area contributed by atoms with E-state index in [-0.39, 0.29) is 12.5 Å². The smallest absolute Gasteiger partial charge is 0.341 e. The molecule has 1 saturated heterocycles. The maximum Gasteiger partial charge on any atom is 0.341 e. The second kappa shape index (κ2) is 5.40. The summed E-state index contributed by atoms with van der Waals surface area (Å²) in [5, 5.41) is 3.36. The van der Waals surface area contributed by atoms with Gasteiger partial charge in [-0.2, -0.15) is 0 Å². The van der Waals surface area contributed by atoms with E-state index in [1.54, 1.807) is 0 Å². The predicted octanol–water partition coefficient (Wildman–Crippen LogP) is 1.08. The molecule has 1 aliphatic heterocycles. The number of aryl methyl sites for hydroxylation is 1. The molecule has 0 aromatic carbocycles. The number of fused-ring (bicyclic) bond motifs is 1. The lowest BCUT2D eigenvalue weighted by molar-refractivity contribution is -0.121. The molecule has 0 bridgehead atoms. The molecular formula is C14H18N2O4S. The maximum atomic E-state index is 12.4. The average molecular weight is 310 g/mol. The van der Waals surface area contributed by atoms with Crippen LogP contribution in [0.1, 0.15) is 33.6 Å². The Morgan fingerprint density at radius 2 is 2.24 bits per heavy atom. The Labute approximate surface area is 126 Å². The summed E-state index contributed by atoms with van der Waals surface area (Å²) < 4.78 is 10.1. The van der Waals surface area contributed by atoms with Gasteiger partial charge >= 0.3 is 5.97 Å². The van der Waals surface area contributed by atoms with Crippen molar-refractivity contribution in [3.63, 3.8) is 0 Å². The van der Waals surface area contributed by atoms with Crippen molar-refractivity contribution >= 4 is 28.2 Å². The SMILES string of the molecule is COC(=O)c1c(NC(=O)C2(N)CCOC2)sc2c1CCC2. The Kier molecular flexibility index (Phi) is 3.73. The van der Waals surface area contributed by atoms with Gasteiger partial charge in [0.15, 0.2) is 0 Å². The molecule has 2 aliphatic rings. The normalized spacial score (nSPS) is 23.9. The molecule has 114 valence electrons. The first-order valence-corrected chi connectivity index (χ1v) is 7.78. The molecule has 2 heterocycles. The van der Waals surface area contributed by atoms with E-state index in [4.69, 9.17) is 15.2 Å². The van der Waals surface area contributed by atoms with Crippen LogP contribution in [0.4, 0.5) is 5.00 Å². The minimum absolute atomic E-state index is 0.206. The number of ether oxygens (including phenoxy) is 2. The number of esters is 1. The Hall–Kier alpha value is -1.44. The van der Waals surface area contributed by atoms with Gasteiger partial charge in [0.25, 0.3) is 0 Å². The molecule has 0 saturated carbocycles. The van der Waals surface area contributed by atoms with Crippen LogP contribution in [0, 0.1) is 0 Å². The number of nitrogens with two attached hydrogens (primary N) is 1. The molecule has 6 nitrogen and oxygen atoms in total. The molecule has 3 N–H and O–H groups in total. The van der Waals surface area contributed by atoms with Gasteiger partial charge in [-0.3, -0.25) is 4.79 Å². The van der Waals surface area contributed by atoms with Crippen LogP contribution in [0.3, 0.4) is 0 Å². The lowest BCUT2D eigenvalue weighted by Crippen LogP contribution is -2.51. The quantitative estimate of drug-likeness (QED) is 0.815. The van der Waals surface area contributed by atoms with Crippen LogP contribution in [-0.4, -0.2) is 37.7 Å². The first-order valence-electron chi connectivity index (χ1n) is 6.96. The van der Waals surface area contributed by atoms with Crippen LogP contribution >= 0.6 is 11.3 Å². The van der Waals surface area contributed by atoms with Gasteiger partial charge in [-0.25, -0.2) is 4.79 Å². The van der Waals surface area contributed by atoms with Gasteiger partial charge in [-0.15, -0.1) is 11.3 Å². The molecule has 1 fully saturated rings. The van der Waals surface area contributed by atoms with Crippen molar-refractivity contribution in [2.24, 2.45) is 5.73 Å². The molecule has 1 atom stereocenters. The van der Waals surface area contributed by atoms with E-state index < -0.39 is 11.5 Å². The third kappa shape index (κ3) is 2.45. The van der Waals surface area contributed by atoms with E-state index in [1.807, 2.05) is 0 Å². The second-order valence-corrected chi connectivity index (χ2v) is 6.57. The number of methoxy groups -OCH3 is 1. The Bertz CT molecular complexity index is 590. The predicted molar refractivity (Wildman–Crippen MR) is 78.7 cm³/mol. The van der Waals surface area contributed by atoms with Crippen molar-refractivity contribution in [2.45, 2.75) is 31.2 Å². The fourth-order valence-corrected chi connectivity index (χ4v) is 4.07. The Morgan fingerprint density at radius 1 is 1.43 bits per heavy atom. The number of carbonyl (C=O) groups excluding carboxylic acids is 2. The molecule has 1 aromatic rings. The summed E-state index contributed by atoms with van der Waals surface area (Å²) in [6.45, 7) is 0.687. The van der Waals surface area contributed by atoms with E-state index in [0.717, 1.165) is 29.7 Å². The molecule has 1 unspecified atom stereocenters. The minimum Gasteiger partial charge on any atom is -0.465 e. The molecule has 1 aromatic heterocycles. The van der Waals surface area contributed by atoms with E-state index in [0.29, 0.717) is 23.6 Å². The van der Waals surface area contributed by atoms with Gasteiger partial charge in [-0.1, -0.05) is 0 Å². The number of rotatable bonds is 3. The van der Waals surface area contributed by atoms with Gasteiger partial charge in [0.05, 0.1) is 19.3 Å². The van der Waals surface area contributed by atoms with Gasteiger partial charge in [0.2, 0.25) is 5.91 Å². The van der Waals surface area contributed by atoms with E-state index in [9.17, 15) is 9.59 Å². The number of hydrogen-bond donors (Lipinski definition) is 2. The average Bonchev–Trinajstić information content (AvgIpc) is 3.14. The topological polar surface area (TPSA) is 90.7 Å². The number of amides is 1. The summed E-state index contributed by atoms with van der Waals surface area (Å²) in [4.78, 5) is 25.5. The lowest BCUT2D eigenvalue weighted by atomic mass is 9.99. The zero-order valence-electron chi connectivity index (χ0n) is 11.9. The first-order chi connectivity index (χ1) is 10.0. The van der Waals surface area contributed by atoms with Crippen molar-refractivity contribution < 1.29 is 19.1 Å². The zero-order chi connectivity index (χ0) is 15.0. The standard InChI is InChI=1S/C14H18N2O4S/c1-19-12(17)10-8-3-2-4-9(8)21-11(10)16-13(18)14(15)5-6-20-7-14/h2-7,15H2,1H3,(H,16,18). The summed E-state index contributed by atoms with van der Waals surface area (Å²) in [5.74, 6) is -0.705. The molecule has 3 rings (SSSR count). The highest BCUT2D eigenvalue weighted by Gasteiger charge is 2.39. The largest absolute Gasteiger partial charge is 0.465 e. The van der Waals surface area contributed by atoms with Crippen LogP contribution < -0.4 is 11.1 Å². The summed E-state index contributed by atoms with van der Waals surface area (Å²) >= 11 is 1.45. The highest BCUT2D eigenvalue weighted by atomic mass is 32.1. The first kappa shape index (κ1) is 14.5. The van der Waals surface area contributed by atoms with Gasteiger partial charge in [-0.05, 0) is 31.2 Å². The van der Waals surface area contributed by atoms with Crippen LogP contribution in [0.15, 0.2) is 0 Å². The monoisotopic (exact) mass is 310 g/mol. The third-order valence-electron chi connectivity index (χ3n) is 4.04. The van der Waals surface area contributed by atoms with E-state index in [1.165, 1.54) is 18.4 Å². The molecule has 0 radical (unpaired) electrons. The van der Waals surface area contributed by atoms with Crippen LogP contribution in [0.5, 0.6) is 0 Å². The number of carbonyl (C=O) groups is 2. The van der Waals surface area contributed by atoms with Crippen LogP contribution in [-0.2, 0) is 27.1 Å². The molecule has 0 spiro atoms. The highest BCUT2D eigenvalue weighted by molar-refractivity contribution is 7.17. The highest BCUT2D eigenvalue weighted by Crippen LogP contribution is 2.39. The number of anilines is 1. The molecule has 1 amide bonds.